The standard InChI is InChI=1S/C8H14O2S2.K.H/c9-8(10)4-2-1-3-7-5-6-11-12-7;;/h7H,1-6H2,(H,9,10);;/q;+1;-1. The van der Waals surface area contributed by atoms with Gasteiger partial charge in [-0.05, 0) is 19.3 Å². The summed E-state index contributed by atoms with van der Waals surface area (Å²) in [6.07, 6.45) is 4.76. The van der Waals surface area contributed by atoms with Crippen LogP contribution in [0.5, 0.6) is 0 Å². The number of hydrogen-bond acceptors (Lipinski definition) is 3. The van der Waals surface area contributed by atoms with Crippen LogP contribution in [-0.2, 0) is 4.79 Å². The van der Waals surface area contributed by atoms with Gasteiger partial charge in [0.25, 0.3) is 0 Å². The van der Waals surface area contributed by atoms with Crippen LogP contribution in [0.25, 0.3) is 0 Å². The van der Waals surface area contributed by atoms with E-state index in [0.29, 0.717) is 6.42 Å². The first-order valence-electron chi connectivity index (χ1n) is 4.29. The van der Waals surface area contributed by atoms with Gasteiger partial charge in [-0.15, -0.1) is 0 Å². The van der Waals surface area contributed by atoms with Gasteiger partial charge in [0.1, 0.15) is 0 Å². The molecule has 0 aromatic heterocycles. The minimum absolute atomic E-state index is 0. The Morgan fingerprint density at radius 1 is 1.54 bits per heavy atom. The monoisotopic (exact) mass is 246 g/mol. The molecule has 72 valence electrons. The summed E-state index contributed by atoms with van der Waals surface area (Å²) in [5, 5.41) is 9.19. The predicted octanol–water partition coefficient (Wildman–Crippen LogP) is -0.0984. The van der Waals surface area contributed by atoms with E-state index in [-0.39, 0.29) is 52.8 Å². The smallest absolute Gasteiger partial charge is 1.00 e. The van der Waals surface area contributed by atoms with Gasteiger partial charge in [0.05, 0.1) is 0 Å². The number of unbranched alkanes of at least 4 members (excludes halogenated alkanes) is 1. The van der Waals surface area contributed by atoms with Crippen molar-refractivity contribution in [2.45, 2.75) is 37.4 Å². The van der Waals surface area contributed by atoms with Crippen LogP contribution in [-0.4, -0.2) is 22.1 Å². The van der Waals surface area contributed by atoms with E-state index in [9.17, 15) is 4.79 Å². The second-order valence-electron chi connectivity index (χ2n) is 2.97. The van der Waals surface area contributed by atoms with Gasteiger partial charge in [0, 0.05) is 17.4 Å². The summed E-state index contributed by atoms with van der Waals surface area (Å²) in [7, 11) is 3.92. The normalized spacial score (nSPS) is 21.1. The van der Waals surface area contributed by atoms with Crippen LogP contribution < -0.4 is 51.4 Å². The molecule has 1 fully saturated rings. The topological polar surface area (TPSA) is 37.3 Å². The molecule has 1 heterocycles. The van der Waals surface area contributed by atoms with Crippen LogP contribution in [0, 0.1) is 0 Å². The van der Waals surface area contributed by atoms with Crippen molar-refractivity contribution >= 4 is 27.6 Å². The number of carboxylic acids is 1. The summed E-state index contributed by atoms with van der Waals surface area (Å²) >= 11 is 0. The Balaban J connectivity index is 0. The summed E-state index contributed by atoms with van der Waals surface area (Å²) in [5.74, 6) is 0.609. The van der Waals surface area contributed by atoms with Crippen molar-refractivity contribution in [1.82, 2.24) is 0 Å². The molecule has 1 unspecified atom stereocenters. The fourth-order valence-corrected chi connectivity index (χ4v) is 4.24. The molecule has 0 aromatic carbocycles. The zero-order valence-electron chi connectivity index (χ0n) is 8.99. The number of carbonyl (C=O) groups is 1. The Bertz CT molecular complexity index is 154. The van der Waals surface area contributed by atoms with Crippen molar-refractivity contribution < 1.29 is 62.7 Å². The maximum atomic E-state index is 10.2. The Hall–Kier alpha value is 1.81. The van der Waals surface area contributed by atoms with Crippen LogP contribution in [0.15, 0.2) is 0 Å². The van der Waals surface area contributed by atoms with E-state index in [2.05, 4.69) is 0 Å². The Morgan fingerprint density at radius 2 is 2.31 bits per heavy atom. The van der Waals surface area contributed by atoms with Crippen LogP contribution >= 0.6 is 21.6 Å². The minimum Gasteiger partial charge on any atom is -1.00 e. The average molecular weight is 246 g/mol. The molecule has 1 rings (SSSR count). The SMILES string of the molecule is O=C(O)CCCCC1CCSS1.[H-].[K+]. The van der Waals surface area contributed by atoms with Gasteiger partial charge in [0.15, 0.2) is 0 Å². The molecule has 1 saturated heterocycles. The Labute approximate surface area is 131 Å². The van der Waals surface area contributed by atoms with Crippen LogP contribution in [0.3, 0.4) is 0 Å². The molecule has 1 atom stereocenters. The third kappa shape index (κ3) is 7.70. The molecule has 1 aliphatic heterocycles. The van der Waals surface area contributed by atoms with E-state index in [4.69, 9.17) is 5.11 Å². The predicted molar refractivity (Wildman–Crippen MR) is 55.7 cm³/mol. The van der Waals surface area contributed by atoms with E-state index < -0.39 is 5.97 Å². The zero-order chi connectivity index (χ0) is 8.81. The van der Waals surface area contributed by atoms with Crippen LogP contribution in [0.1, 0.15) is 33.5 Å². The first kappa shape index (κ1) is 14.8. The summed E-state index contributed by atoms with van der Waals surface area (Å²) in [6, 6.07) is 0. The molecule has 0 saturated carbocycles. The summed E-state index contributed by atoms with van der Waals surface area (Å²) < 4.78 is 0. The zero-order valence-corrected chi connectivity index (χ0v) is 12.7. The molecule has 0 bridgehead atoms. The maximum absolute atomic E-state index is 10.2. The van der Waals surface area contributed by atoms with Gasteiger partial charge in [-0.25, -0.2) is 0 Å². The van der Waals surface area contributed by atoms with Gasteiger partial charge in [-0.2, -0.15) is 0 Å². The molecule has 1 N–H and O–H groups in total. The molecule has 0 spiro atoms. The minimum atomic E-state index is -0.663. The molecular weight excluding hydrogens is 231 g/mol. The summed E-state index contributed by atoms with van der Waals surface area (Å²) in [5.41, 5.74) is 0. The summed E-state index contributed by atoms with van der Waals surface area (Å²) in [4.78, 5) is 10.2. The molecular formula is C8H15KO2S2. The van der Waals surface area contributed by atoms with Gasteiger partial charge < -0.3 is 6.53 Å². The van der Waals surface area contributed by atoms with Crippen molar-refractivity contribution in [3.63, 3.8) is 0 Å². The fraction of sp³-hybridized carbons (Fsp3) is 0.875. The molecule has 2 nitrogen and oxygen atoms in total. The van der Waals surface area contributed by atoms with E-state index in [1.807, 2.05) is 21.6 Å². The number of hydrogen-bond donors (Lipinski definition) is 1. The van der Waals surface area contributed by atoms with E-state index >= 15 is 0 Å². The summed E-state index contributed by atoms with van der Waals surface area (Å²) in [6.45, 7) is 0. The second kappa shape index (κ2) is 9.06. The van der Waals surface area contributed by atoms with Gasteiger partial charge >= 0.3 is 57.4 Å². The van der Waals surface area contributed by atoms with Crippen molar-refractivity contribution in [1.29, 1.82) is 0 Å². The molecule has 0 radical (unpaired) electrons. The Morgan fingerprint density at radius 3 is 2.85 bits per heavy atom. The average Bonchev–Trinajstić information content (AvgIpc) is 2.49. The van der Waals surface area contributed by atoms with E-state index in [1.54, 1.807) is 0 Å². The molecule has 0 aromatic rings. The van der Waals surface area contributed by atoms with Crippen molar-refractivity contribution in [2.75, 3.05) is 5.75 Å². The van der Waals surface area contributed by atoms with Crippen molar-refractivity contribution in [3.05, 3.63) is 0 Å². The third-order valence-electron chi connectivity index (χ3n) is 1.89. The van der Waals surface area contributed by atoms with E-state index in [0.717, 1.165) is 18.1 Å². The Kier molecular flexibility index (Phi) is 10.3. The number of rotatable bonds is 5. The first-order valence-corrected chi connectivity index (χ1v) is 6.67. The second-order valence-corrected chi connectivity index (χ2v) is 5.76. The first-order chi connectivity index (χ1) is 5.79. The molecule has 1 aliphatic rings. The van der Waals surface area contributed by atoms with Gasteiger partial charge in [-0.3, -0.25) is 4.79 Å². The van der Waals surface area contributed by atoms with E-state index in [1.165, 1.54) is 18.6 Å². The maximum Gasteiger partial charge on any atom is 1.00 e. The molecule has 5 heteroatoms. The van der Waals surface area contributed by atoms with Gasteiger partial charge in [-0.1, -0.05) is 28.0 Å². The fourth-order valence-electron chi connectivity index (χ4n) is 1.21. The van der Waals surface area contributed by atoms with Crippen LogP contribution in [0.2, 0.25) is 0 Å². The van der Waals surface area contributed by atoms with Crippen molar-refractivity contribution in [3.8, 4) is 0 Å². The third-order valence-corrected chi connectivity index (χ3v) is 4.90. The molecule has 0 amide bonds. The number of aliphatic carboxylic acids is 1. The van der Waals surface area contributed by atoms with Gasteiger partial charge in [0.2, 0.25) is 0 Å². The number of carboxylic acid groups (broad SMARTS) is 1. The van der Waals surface area contributed by atoms with Crippen molar-refractivity contribution in [2.24, 2.45) is 0 Å². The van der Waals surface area contributed by atoms with Crippen LogP contribution in [0.4, 0.5) is 0 Å². The quantitative estimate of drug-likeness (QED) is 0.418. The molecule has 0 aliphatic carbocycles. The largest absolute Gasteiger partial charge is 1.00 e. The molecule has 13 heavy (non-hydrogen) atoms.